The summed E-state index contributed by atoms with van der Waals surface area (Å²) in [4.78, 5) is 6.43. The second-order valence-electron chi connectivity index (χ2n) is 4.15. The average molecular weight is 549 g/mol. The van der Waals surface area contributed by atoms with Crippen LogP contribution in [0.1, 0.15) is 7.43 Å². The molecule has 2 aromatic carbocycles. The number of rotatable bonds is 4. The molecule has 1 N–H and O–H groups in total. The van der Waals surface area contributed by atoms with Crippen LogP contribution >= 0.6 is 47.8 Å². The number of alkyl halides is 3. The summed E-state index contributed by atoms with van der Waals surface area (Å²) in [5, 5.41) is 11.7. The van der Waals surface area contributed by atoms with Crippen LogP contribution in [0.5, 0.6) is 11.5 Å². The standard InChI is InChI=1S/C9H8BrNO.C7H5NO.C2H4Br2.CH4/c1-11-8-2-4-9(5-3-8)12-7-6-10;1-8-6-2-4-7(9)5-3-6;3-1-2-4;/h2-5H,6-7H2;2-5,9H;1-2H2;1H4. The third-order valence-corrected chi connectivity index (χ3v) is 4.54. The Hall–Kier alpha value is -1.54. The number of hydrogen-bond donors (Lipinski definition) is 1. The Morgan fingerprint density at radius 1 is 0.769 bits per heavy atom. The third-order valence-electron chi connectivity index (χ3n) is 2.36. The zero-order chi connectivity index (χ0) is 18.9. The van der Waals surface area contributed by atoms with E-state index in [1.54, 1.807) is 36.4 Å². The molecule has 0 aromatic heterocycles. The van der Waals surface area contributed by atoms with Crippen LogP contribution < -0.4 is 4.74 Å². The lowest BCUT2D eigenvalue weighted by molar-refractivity contribution is 0.345. The maximum atomic E-state index is 8.75. The van der Waals surface area contributed by atoms with Gasteiger partial charge in [0.2, 0.25) is 0 Å². The summed E-state index contributed by atoms with van der Waals surface area (Å²) in [7, 11) is 0. The minimum Gasteiger partial charge on any atom is -0.508 e. The Kier molecular flexibility index (Phi) is 18.7. The molecule has 7 heteroatoms. The summed E-state index contributed by atoms with van der Waals surface area (Å²) in [6.45, 7) is 13.9. The van der Waals surface area contributed by atoms with Crippen LogP contribution in [0.4, 0.5) is 11.4 Å². The third kappa shape index (κ3) is 13.7. The number of benzene rings is 2. The van der Waals surface area contributed by atoms with E-state index in [0.29, 0.717) is 18.0 Å². The molecule has 2 aromatic rings. The van der Waals surface area contributed by atoms with Crippen LogP contribution in [0.3, 0.4) is 0 Å². The molecule has 0 unspecified atom stereocenters. The van der Waals surface area contributed by atoms with Crippen molar-refractivity contribution < 1.29 is 9.84 Å². The van der Waals surface area contributed by atoms with Crippen molar-refractivity contribution in [3.63, 3.8) is 0 Å². The zero-order valence-electron chi connectivity index (χ0n) is 13.3. The summed E-state index contributed by atoms with van der Waals surface area (Å²) in [6.07, 6.45) is 0. The SMILES string of the molecule is BrCCBr.C.[C-]#[N+]c1ccc(O)cc1.[C-]#[N+]c1ccc(OCCBr)cc1. The number of halogens is 3. The van der Waals surface area contributed by atoms with E-state index in [1.165, 1.54) is 12.1 Å². The number of ether oxygens (including phenoxy) is 1. The van der Waals surface area contributed by atoms with E-state index in [0.717, 1.165) is 21.7 Å². The van der Waals surface area contributed by atoms with Gasteiger partial charge in [0.05, 0.1) is 19.8 Å². The van der Waals surface area contributed by atoms with Crippen LogP contribution in [0.15, 0.2) is 48.5 Å². The van der Waals surface area contributed by atoms with Crippen LogP contribution in [-0.4, -0.2) is 27.7 Å². The predicted octanol–water partition coefficient (Wildman–Crippen LogP) is 7.37. The van der Waals surface area contributed by atoms with E-state index in [2.05, 4.69) is 57.5 Å². The molecule has 0 bridgehead atoms. The van der Waals surface area contributed by atoms with Gasteiger partial charge in [-0.1, -0.05) is 79.5 Å². The molecule has 0 aliphatic rings. The van der Waals surface area contributed by atoms with Gasteiger partial charge < -0.3 is 9.84 Å². The molecule has 4 nitrogen and oxygen atoms in total. The molecule has 0 heterocycles. The molecule has 0 spiro atoms. The Labute approximate surface area is 181 Å². The lowest BCUT2D eigenvalue weighted by Gasteiger charge is -2.02. The molecule has 0 fully saturated rings. The lowest BCUT2D eigenvalue weighted by Crippen LogP contribution is -1.96. The molecular weight excluding hydrogens is 528 g/mol. The van der Waals surface area contributed by atoms with E-state index >= 15 is 0 Å². The Bertz CT molecular complexity index is 661. The van der Waals surface area contributed by atoms with E-state index < -0.39 is 0 Å². The van der Waals surface area contributed by atoms with Crippen molar-refractivity contribution in [1.82, 2.24) is 0 Å². The molecule has 0 saturated heterocycles. The van der Waals surface area contributed by atoms with E-state index in [9.17, 15) is 0 Å². The molecule has 0 radical (unpaired) electrons. The molecule has 0 aliphatic carbocycles. The Morgan fingerprint density at radius 3 is 1.54 bits per heavy atom. The fourth-order valence-corrected chi connectivity index (χ4v) is 1.46. The molecule has 2 rings (SSSR count). The maximum absolute atomic E-state index is 8.75. The molecular formula is C19H21Br3N2O2. The highest BCUT2D eigenvalue weighted by atomic mass is 79.9. The van der Waals surface area contributed by atoms with Gasteiger partial charge in [0.25, 0.3) is 0 Å². The second-order valence-corrected chi connectivity index (χ2v) is 6.53. The molecule has 0 atom stereocenters. The lowest BCUT2D eigenvalue weighted by atomic mass is 10.3. The van der Waals surface area contributed by atoms with Crippen molar-refractivity contribution in [2.24, 2.45) is 0 Å². The van der Waals surface area contributed by atoms with Gasteiger partial charge in [-0.25, -0.2) is 9.69 Å². The largest absolute Gasteiger partial charge is 0.508 e. The van der Waals surface area contributed by atoms with Crippen LogP contribution in [0.2, 0.25) is 0 Å². The van der Waals surface area contributed by atoms with Crippen molar-refractivity contribution in [3.8, 4) is 11.5 Å². The van der Waals surface area contributed by atoms with Gasteiger partial charge in [-0.2, -0.15) is 0 Å². The second kappa shape index (κ2) is 18.3. The van der Waals surface area contributed by atoms with Crippen molar-refractivity contribution >= 4 is 59.2 Å². The maximum Gasteiger partial charge on any atom is 0.187 e. The smallest absolute Gasteiger partial charge is 0.187 e. The van der Waals surface area contributed by atoms with E-state index in [1.807, 2.05) is 0 Å². The highest BCUT2D eigenvalue weighted by Gasteiger charge is 1.92. The quantitative estimate of drug-likeness (QED) is 0.320. The fraction of sp³-hybridized carbons (Fsp3) is 0.263. The number of phenolic OH excluding ortho intramolecular Hbond substituents is 1. The van der Waals surface area contributed by atoms with Crippen molar-refractivity contribution in [2.75, 3.05) is 22.6 Å². The summed E-state index contributed by atoms with van der Waals surface area (Å²) in [5.41, 5.74) is 1.19. The Morgan fingerprint density at radius 2 is 1.19 bits per heavy atom. The molecule has 26 heavy (non-hydrogen) atoms. The normalized spacial score (nSPS) is 8.19. The fourth-order valence-electron chi connectivity index (χ4n) is 1.30. The van der Waals surface area contributed by atoms with Crippen LogP contribution in [0, 0.1) is 13.1 Å². The number of phenols is 1. The van der Waals surface area contributed by atoms with Gasteiger partial charge in [0, 0.05) is 16.0 Å². The zero-order valence-corrected chi connectivity index (χ0v) is 18.1. The van der Waals surface area contributed by atoms with Gasteiger partial charge in [0.1, 0.15) is 11.5 Å². The highest BCUT2D eigenvalue weighted by Crippen LogP contribution is 2.17. The van der Waals surface area contributed by atoms with Gasteiger partial charge in [-0.3, -0.25) is 0 Å². The number of hydrogen-bond acceptors (Lipinski definition) is 2. The summed E-state index contributed by atoms with van der Waals surface area (Å²) < 4.78 is 5.30. The monoisotopic (exact) mass is 546 g/mol. The molecule has 0 amide bonds. The van der Waals surface area contributed by atoms with Crippen molar-refractivity contribution in [3.05, 3.63) is 71.4 Å². The van der Waals surface area contributed by atoms with E-state index in [-0.39, 0.29) is 13.2 Å². The predicted molar refractivity (Wildman–Crippen MR) is 121 cm³/mol. The number of nitrogens with zero attached hydrogens (tertiary/aromatic N) is 2. The Balaban J connectivity index is 0. The van der Waals surface area contributed by atoms with Crippen molar-refractivity contribution in [1.29, 1.82) is 0 Å². The van der Waals surface area contributed by atoms with Crippen LogP contribution in [-0.2, 0) is 0 Å². The average Bonchev–Trinajstić information content (AvgIpc) is 2.68. The van der Waals surface area contributed by atoms with Gasteiger partial charge >= 0.3 is 0 Å². The van der Waals surface area contributed by atoms with Crippen molar-refractivity contribution in [2.45, 2.75) is 7.43 Å². The minimum absolute atomic E-state index is 0. The van der Waals surface area contributed by atoms with Crippen LogP contribution in [0.25, 0.3) is 9.69 Å². The highest BCUT2D eigenvalue weighted by molar-refractivity contribution is 9.12. The summed E-state index contributed by atoms with van der Waals surface area (Å²) in [6, 6.07) is 13.2. The summed E-state index contributed by atoms with van der Waals surface area (Å²) >= 11 is 9.66. The van der Waals surface area contributed by atoms with Gasteiger partial charge in [-0.05, 0) is 24.3 Å². The molecule has 0 saturated carbocycles. The first kappa shape index (κ1) is 26.7. The number of aromatic hydroxyl groups is 1. The van der Waals surface area contributed by atoms with E-state index in [4.69, 9.17) is 23.0 Å². The summed E-state index contributed by atoms with van der Waals surface area (Å²) in [5.74, 6) is 1.00. The van der Waals surface area contributed by atoms with Gasteiger partial charge in [-0.15, -0.1) is 0 Å². The van der Waals surface area contributed by atoms with Gasteiger partial charge in [0.15, 0.2) is 11.4 Å². The molecule has 0 aliphatic heterocycles. The molecule has 140 valence electrons. The first-order valence-electron chi connectivity index (χ1n) is 7.06. The topological polar surface area (TPSA) is 38.2 Å². The minimum atomic E-state index is 0. The first-order chi connectivity index (χ1) is 12.1. The first-order valence-corrected chi connectivity index (χ1v) is 10.4.